The maximum atomic E-state index is 6.09. The van der Waals surface area contributed by atoms with Crippen LogP contribution in [0, 0.1) is 0 Å². The zero-order chi connectivity index (χ0) is 13.9. The van der Waals surface area contributed by atoms with Gasteiger partial charge in [-0.1, -0.05) is 30.7 Å². The molecule has 1 aliphatic rings. The Morgan fingerprint density at radius 3 is 2.89 bits per heavy atom. The van der Waals surface area contributed by atoms with Crippen LogP contribution in [0.5, 0.6) is 0 Å². The first-order valence-corrected chi connectivity index (χ1v) is 7.53. The third-order valence-corrected chi connectivity index (χ3v) is 4.03. The fourth-order valence-electron chi connectivity index (χ4n) is 2.83. The van der Waals surface area contributed by atoms with Gasteiger partial charge in [-0.25, -0.2) is 0 Å². The molecule has 1 saturated heterocycles. The molecule has 2 rings (SSSR count). The fourth-order valence-corrected chi connectivity index (χ4v) is 3.03. The Bertz CT molecular complexity index is 419. The number of hydrogen-bond donors (Lipinski definition) is 1. The van der Waals surface area contributed by atoms with Gasteiger partial charge in [0.15, 0.2) is 0 Å². The molecule has 0 spiro atoms. The highest BCUT2D eigenvalue weighted by molar-refractivity contribution is 6.30. The molecule has 1 aromatic rings. The number of ether oxygens (including phenoxy) is 1. The highest BCUT2D eigenvalue weighted by Crippen LogP contribution is 2.27. The van der Waals surface area contributed by atoms with Gasteiger partial charge >= 0.3 is 0 Å². The average Bonchev–Trinajstić information content (AvgIpc) is 2.35. The van der Waals surface area contributed by atoms with E-state index in [0.29, 0.717) is 12.1 Å². The van der Waals surface area contributed by atoms with Crippen molar-refractivity contribution in [1.82, 2.24) is 5.32 Å². The Labute approximate surface area is 121 Å². The zero-order valence-electron chi connectivity index (χ0n) is 12.1. The second kappa shape index (κ2) is 6.25. The first-order valence-electron chi connectivity index (χ1n) is 7.15. The van der Waals surface area contributed by atoms with E-state index in [4.69, 9.17) is 16.3 Å². The molecule has 1 N–H and O–H groups in total. The summed E-state index contributed by atoms with van der Waals surface area (Å²) < 4.78 is 5.77. The van der Waals surface area contributed by atoms with E-state index in [0.717, 1.165) is 30.9 Å². The van der Waals surface area contributed by atoms with Crippen molar-refractivity contribution >= 4 is 11.6 Å². The van der Waals surface area contributed by atoms with E-state index >= 15 is 0 Å². The molecule has 106 valence electrons. The van der Waals surface area contributed by atoms with Gasteiger partial charge < -0.3 is 10.1 Å². The van der Waals surface area contributed by atoms with Crippen molar-refractivity contribution in [1.29, 1.82) is 0 Å². The number of benzene rings is 1. The molecule has 0 aliphatic carbocycles. The van der Waals surface area contributed by atoms with Crippen molar-refractivity contribution in [3.05, 3.63) is 34.9 Å². The second-order valence-corrected chi connectivity index (χ2v) is 6.42. The van der Waals surface area contributed by atoms with Gasteiger partial charge in [0.1, 0.15) is 0 Å². The minimum atomic E-state index is -0.0114. The van der Waals surface area contributed by atoms with E-state index in [1.165, 1.54) is 5.56 Å². The lowest BCUT2D eigenvalue weighted by molar-refractivity contribution is -0.0642. The molecule has 0 amide bonds. The SMILES string of the molecule is CCC(NC1CCOC(C)(C)C1)c1cccc(Cl)c1. The highest BCUT2D eigenvalue weighted by atomic mass is 35.5. The van der Waals surface area contributed by atoms with Crippen LogP contribution in [-0.2, 0) is 4.74 Å². The Morgan fingerprint density at radius 2 is 2.26 bits per heavy atom. The van der Waals surface area contributed by atoms with Crippen LogP contribution in [0.1, 0.15) is 51.6 Å². The molecule has 1 aliphatic heterocycles. The number of halogens is 1. The van der Waals surface area contributed by atoms with Crippen LogP contribution in [0.4, 0.5) is 0 Å². The smallest absolute Gasteiger partial charge is 0.0641 e. The maximum absolute atomic E-state index is 6.09. The van der Waals surface area contributed by atoms with Crippen molar-refractivity contribution in [3.8, 4) is 0 Å². The molecular formula is C16H24ClNO. The van der Waals surface area contributed by atoms with E-state index in [2.05, 4.69) is 38.2 Å². The number of nitrogens with one attached hydrogen (secondary N) is 1. The highest BCUT2D eigenvalue weighted by Gasteiger charge is 2.29. The molecule has 3 heteroatoms. The molecule has 0 bridgehead atoms. The lowest BCUT2D eigenvalue weighted by Crippen LogP contribution is -2.44. The Hall–Kier alpha value is -0.570. The predicted molar refractivity (Wildman–Crippen MR) is 80.7 cm³/mol. The van der Waals surface area contributed by atoms with Gasteiger partial charge in [-0.05, 0) is 50.8 Å². The van der Waals surface area contributed by atoms with Crippen LogP contribution < -0.4 is 5.32 Å². The minimum Gasteiger partial charge on any atom is -0.375 e. The summed E-state index contributed by atoms with van der Waals surface area (Å²) in [5, 5.41) is 4.58. The molecule has 2 nitrogen and oxygen atoms in total. The fraction of sp³-hybridized carbons (Fsp3) is 0.625. The standard InChI is InChI=1S/C16H24ClNO/c1-4-15(12-6-5-7-13(17)10-12)18-14-8-9-19-16(2,3)11-14/h5-7,10,14-15,18H,4,8-9,11H2,1-3H3. The van der Waals surface area contributed by atoms with Crippen molar-refractivity contribution < 1.29 is 4.74 Å². The van der Waals surface area contributed by atoms with Crippen molar-refractivity contribution in [2.75, 3.05) is 6.61 Å². The van der Waals surface area contributed by atoms with Gasteiger partial charge in [-0.2, -0.15) is 0 Å². The van der Waals surface area contributed by atoms with Gasteiger partial charge in [0.25, 0.3) is 0 Å². The molecule has 0 saturated carbocycles. The molecular weight excluding hydrogens is 258 g/mol. The summed E-state index contributed by atoms with van der Waals surface area (Å²) in [5.74, 6) is 0. The van der Waals surface area contributed by atoms with Crippen LogP contribution in [-0.4, -0.2) is 18.2 Å². The Kier molecular flexibility index (Phi) is 4.88. The molecule has 1 aromatic carbocycles. The third-order valence-electron chi connectivity index (χ3n) is 3.79. The second-order valence-electron chi connectivity index (χ2n) is 5.98. The van der Waals surface area contributed by atoms with Crippen molar-refractivity contribution in [2.24, 2.45) is 0 Å². The molecule has 2 unspecified atom stereocenters. The van der Waals surface area contributed by atoms with E-state index in [9.17, 15) is 0 Å². The summed E-state index contributed by atoms with van der Waals surface area (Å²) in [6, 6.07) is 9.06. The van der Waals surface area contributed by atoms with E-state index in [1.54, 1.807) is 0 Å². The van der Waals surface area contributed by atoms with Crippen LogP contribution >= 0.6 is 11.6 Å². The van der Waals surface area contributed by atoms with E-state index in [-0.39, 0.29) is 5.60 Å². The average molecular weight is 282 g/mol. The topological polar surface area (TPSA) is 21.3 Å². The van der Waals surface area contributed by atoms with Gasteiger partial charge in [0, 0.05) is 23.7 Å². The largest absolute Gasteiger partial charge is 0.375 e. The van der Waals surface area contributed by atoms with Crippen molar-refractivity contribution in [2.45, 2.75) is 57.7 Å². The zero-order valence-corrected chi connectivity index (χ0v) is 12.8. The van der Waals surface area contributed by atoms with Crippen LogP contribution in [0.15, 0.2) is 24.3 Å². The molecule has 1 heterocycles. The van der Waals surface area contributed by atoms with Gasteiger partial charge in [-0.15, -0.1) is 0 Å². The van der Waals surface area contributed by atoms with Gasteiger partial charge in [-0.3, -0.25) is 0 Å². The summed E-state index contributed by atoms with van der Waals surface area (Å²) in [6.07, 6.45) is 3.21. The molecule has 19 heavy (non-hydrogen) atoms. The lowest BCUT2D eigenvalue weighted by atomic mass is 9.92. The summed E-state index contributed by atoms with van der Waals surface area (Å²) >= 11 is 6.09. The van der Waals surface area contributed by atoms with Crippen LogP contribution in [0.2, 0.25) is 5.02 Å². The first-order chi connectivity index (χ1) is 9.00. The molecule has 0 radical (unpaired) electrons. The summed E-state index contributed by atoms with van der Waals surface area (Å²) in [6.45, 7) is 7.39. The Balaban J connectivity index is 2.03. The monoisotopic (exact) mass is 281 g/mol. The number of rotatable bonds is 4. The molecule has 1 fully saturated rings. The van der Waals surface area contributed by atoms with Crippen molar-refractivity contribution in [3.63, 3.8) is 0 Å². The summed E-state index contributed by atoms with van der Waals surface area (Å²) in [7, 11) is 0. The third kappa shape index (κ3) is 4.20. The van der Waals surface area contributed by atoms with E-state index < -0.39 is 0 Å². The number of hydrogen-bond acceptors (Lipinski definition) is 2. The van der Waals surface area contributed by atoms with Crippen LogP contribution in [0.3, 0.4) is 0 Å². The normalized spacial score (nSPS) is 24.1. The summed E-state index contributed by atoms with van der Waals surface area (Å²) in [4.78, 5) is 0. The minimum absolute atomic E-state index is 0.0114. The quantitative estimate of drug-likeness (QED) is 0.886. The lowest BCUT2D eigenvalue weighted by Gasteiger charge is -2.37. The predicted octanol–water partition coefficient (Wildman–Crippen LogP) is 4.34. The first kappa shape index (κ1) is 14.8. The Morgan fingerprint density at radius 1 is 1.47 bits per heavy atom. The van der Waals surface area contributed by atoms with Gasteiger partial charge in [0.2, 0.25) is 0 Å². The molecule has 0 aromatic heterocycles. The molecule has 2 atom stereocenters. The maximum Gasteiger partial charge on any atom is 0.0641 e. The van der Waals surface area contributed by atoms with Crippen LogP contribution in [0.25, 0.3) is 0 Å². The van der Waals surface area contributed by atoms with Gasteiger partial charge in [0.05, 0.1) is 5.60 Å². The van der Waals surface area contributed by atoms with E-state index in [1.807, 2.05) is 12.1 Å². The summed E-state index contributed by atoms with van der Waals surface area (Å²) in [5.41, 5.74) is 1.27.